The minimum Gasteiger partial charge on any atom is -0.496 e. The van der Waals surface area contributed by atoms with Gasteiger partial charge in [0.05, 0.1) is 18.2 Å². The number of hydrogen-bond donors (Lipinski definition) is 0. The van der Waals surface area contributed by atoms with E-state index in [1.165, 1.54) is 0 Å². The zero-order valence-electron chi connectivity index (χ0n) is 16.6. The fraction of sp³-hybridized carbons (Fsp3) is 0.0833. The van der Waals surface area contributed by atoms with E-state index in [9.17, 15) is 9.59 Å². The van der Waals surface area contributed by atoms with Gasteiger partial charge in [-0.1, -0.05) is 28.1 Å². The number of rotatable bonds is 4. The Bertz CT molecular complexity index is 1250. The Labute approximate surface area is 195 Å². The Balaban J connectivity index is 1.65. The van der Waals surface area contributed by atoms with Crippen molar-refractivity contribution in [2.75, 3.05) is 7.11 Å². The second-order valence-corrected chi connectivity index (χ2v) is 8.53. The molecule has 31 heavy (non-hydrogen) atoms. The van der Waals surface area contributed by atoms with E-state index in [4.69, 9.17) is 14.2 Å². The van der Waals surface area contributed by atoms with Crippen molar-refractivity contribution in [2.45, 2.75) is 6.92 Å². The standard InChI is InChI=1S/C24H16Br2O5/c1-13-19(31-24(28)16-5-3-4-6-18(16)26)10-8-17-22(27)21(30-23(13)17)12-14-11-15(25)7-9-20(14)29-2/h3-12H,1-2H3/b21-12-. The Morgan fingerprint density at radius 3 is 2.52 bits per heavy atom. The Hall–Kier alpha value is -2.90. The molecule has 3 aromatic carbocycles. The van der Waals surface area contributed by atoms with Gasteiger partial charge in [0.2, 0.25) is 5.78 Å². The van der Waals surface area contributed by atoms with Crippen LogP contribution in [0.3, 0.4) is 0 Å². The van der Waals surface area contributed by atoms with Crippen molar-refractivity contribution in [1.82, 2.24) is 0 Å². The molecule has 1 aliphatic rings. The second kappa shape index (κ2) is 8.69. The van der Waals surface area contributed by atoms with Gasteiger partial charge in [0.15, 0.2) is 5.76 Å². The summed E-state index contributed by atoms with van der Waals surface area (Å²) in [6.07, 6.45) is 1.64. The number of carbonyl (C=O) groups excluding carboxylic acids is 2. The van der Waals surface area contributed by atoms with E-state index < -0.39 is 5.97 Å². The smallest absolute Gasteiger partial charge is 0.344 e. The monoisotopic (exact) mass is 542 g/mol. The van der Waals surface area contributed by atoms with Crippen LogP contribution in [0, 0.1) is 6.92 Å². The van der Waals surface area contributed by atoms with E-state index in [0.717, 1.165) is 4.47 Å². The first kappa shape index (κ1) is 21.3. The van der Waals surface area contributed by atoms with Gasteiger partial charge in [-0.05, 0) is 71.4 Å². The maximum Gasteiger partial charge on any atom is 0.344 e. The fourth-order valence-corrected chi connectivity index (χ4v) is 4.04. The van der Waals surface area contributed by atoms with Gasteiger partial charge >= 0.3 is 5.97 Å². The number of benzene rings is 3. The van der Waals surface area contributed by atoms with E-state index in [2.05, 4.69) is 31.9 Å². The van der Waals surface area contributed by atoms with Crippen molar-refractivity contribution < 1.29 is 23.8 Å². The summed E-state index contributed by atoms with van der Waals surface area (Å²) in [4.78, 5) is 25.4. The predicted molar refractivity (Wildman–Crippen MR) is 124 cm³/mol. The van der Waals surface area contributed by atoms with Gasteiger partial charge in [-0.2, -0.15) is 0 Å². The first-order valence-corrected chi connectivity index (χ1v) is 10.9. The van der Waals surface area contributed by atoms with Crippen molar-refractivity contribution in [3.63, 3.8) is 0 Å². The van der Waals surface area contributed by atoms with Crippen molar-refractivity contribution in [3.8, 4) is 17.2 Å². The number of halogens is 2. The molecule has 0 fully saturated rings. The summed E-state index contributed by atoms with van der Waals surface area (Å²) < 4.78 is 18.3. The van der Waals surface area contributed by atoms with Crippen LogP contribution >= 0.6 is 31.9 Å². The maximum atomic E-state index is 12.9. The number of methoxy groups -OCH3 is 1. The third kappa shape index (κ3) is 4.16. The molecule has 0 unspecified atom stereocenters. The van der Waals surface area contributed by atoms with E-state index in [-0.39, 0.29) is 11.5 Å². The number of allylic oxidation sites excluding steroid dienone is 1. The number of hydrogen-bond acceptors (Lipinski definition) is 5. The molecule has 0 bridgehead atoms. The minimum atomic E-state index is -0.505. The highest BCUT2D eigenvalue weighted by Crippen LogP contribution is 2.40. The molecule has 0 aliphatic carbocycles. The SMILES string of the molecule is COc1ccc(Br)cc1/C=C1\Oc2c(ccc(OC(=O)c3ccccc3Br)c2C)C1=O. The molecule has 4 rings (SSSR count). The summed E-state index contributed by atoms with van der Waals surface area (Å²) in [6, 6.07) is 15.7. The summed E-state index contributed by atoms with van der Waals surface area (Å²) in [5, 5.41) is 0. The van der Waals surface area contributed by atoms with Crippen LogP contribution in [0.15, 0.2) is 69.3 Å². The second-order valence-electron chi connectivity index (χ2n) is 6.76. The summed E-state index contributed by atoms with van der Waals surface area (Å²) in [7, 11) is 1.56. The van der Waals surface area contributed by atoms with E-state index in [1.54, 1.807) is 56.5 Å². The lowest BCUT2D eigenvalue weighted by molar-refractivity contribution is 0.0732. The molecule has 0 atom stereocenters. The highest BCUT2D eigenvalue weighted by molar-refractivity contribution is 9.10. The molecule has 0 saturated heterocycles. The molecule has 0 spiro atoms. The van der Waals surface area contributed by atoms with Crippen molar-refractivity contribution >= 4 is 49.7 Å². The molecule has 0 N–H and O–H groups in total. The summed E-state index contributed by atoms with van der Waals surface area (Å²) in [5.74, 6) is 0.737. The number of ether oxygens (including phenoxy) is 3. The van der Waals surface area contributed by atoms with E-state index in [0.29, 0.717) is 44.0 Å². The van der Waals surface area contributed by atoms with Gasteiger partial charge in [-0.25, -0.2) is 4.79 Å². The zero-order valence-corrected chi connectivity index (χ0v) is 19.7. The van der Waals surface area contributed by atoms with Crippen molar-refractivity contribution in [3.05, 3.63) is 91.6 Å². The van der Waals surface area contributed by atoms with Crippen LogP contribution in [0.1, 0.15) is 31.8 Å². The topological polar surface area (TPSA) is 61.8 Å². The van der Waals surface area contributed by atoms with Gasteiger partial charge in [0.25, 0.3) is 0 Å². The van der Waals surface area contributed by atoms with Crippen LogP contribution in [0.25, 0.3) is 6.08 Å². The van der Waals surface area contributed by atoms with Crippen LogP contribution in [0.2, 0.25) is 0 Å². The fourth-order valence-electron chi connectivity index (χ4n) is 3.22. The molecule has 1 aliphatic heterocycles. The highest BCUT2D eigenvalue weighted by Gasteiger charge is 2.31. The molecule has 156 valence electrons. The van der Waals surface area contributed by atoms with Crippen LogP contribution in [0.5, 0.6) is 17.2 Å². The Morgan fingerprint density at radius 2 is 1.77 bits per heavy atom. The van der Waals surface area contributed by atoms with Gasteiger partial charge in [0, 0.05) is 20.1 Å². The molecule has 3 aromatic rings. The number of fused-ring (bicyclic) bond motifs is 1. The number of esters is 1. The van der Waals surface area contributed by atoms with Crippen LogP contribution in [-0.4, -0.2) is 18.9 Å². The molecule has 0 radical (unpaired) electrons. The first-order chi connectivity index (χ1) is 14.9. The molecule has 0 amide bonds. The average Bonchev–Trinajstić information content (AvgIpc) is 3.07. The largest absolute Gasteiger partial charge is 0.496 e. The van der Waals surface area contributed by atoms with Crippen molar-refractivity contribution in [2.24, 2.45) is 0 Å². The van der Waals surface area contributed by atoms with Crippen molar-refractivity contribution in [1.29, 1.82) is 0 Å². The molecule has 5 nitrogen and oxygen atoms in total. The third-order valence-electron chi connectivity index (χ3n) is 4.81. The molecule has 0 saturated carbocycles. The van der Waals surface area contributed by atoms with Gasteiger partial charge in [-0.3, -0.25) is 4.79 Å². The summed E-state index contributed by atoms with van der Waals surface area (Å²) in [5.41, 5.74) is 2.09. The lowest BCUT2D eigenvalue weighted by atomic mass is 10.1. The number of carbonyl (C=O) groups is 2. The molecule has 0 aromatic heterocycles. The van der Waals surface area contributed by atoms with E-state index >= 15 is 0 Å². The van der Waals surface area contributed by atoms with Crippen LogP contribution in [-0.2, 0) is 0 Å². The number of Topliss-reactive ketones (excluding diaryl/α,β-unsaturated/α-hetero) is 1. The lowest BCUT2D eigenvalue weighted by Gasteiger charge is -2.11. The Morgan fingerprint density at radius 1 is 1.03 bits per heavy atom. The van der Waals surface area contributed by atoms with Gasteiger partial charge in [0.1, 0.15) is 17.2 Å². The quantitative estimate of drug-likeness (QED) is 0.217. The molecular formula is C24H16Br2O5. The first-order valence-electron chi connectivity index (χ1n) is 9.27. The zero-order chi connectivity index (χ0) is 22.1. The Kier molecular flexibility index (Phi) is 5.98. The normalized spacial score (nSPS) is 13.7. The number of ketones is 1. The van der Waals surface area contributed by atoms with Gasteiger partial charge < -0.3 is 14.2 Å². The van der Waals surface area contributed by atoms with E-state index in [1.807, 2.05) is 18.2 Å². The maximum absolute atomic E-state index is 12.9. The average molecular weight is 544 g/mol. The molecule has 7 heteroatoms. The van der Waals surface area contributed by atoms with Gasteiger partial charge in [-0.15, -0.1) is 0 Å². The van der Waals surface area contributed by atoms with Crippen LogP contribution in [0.4, 0.5) is 0 Å². The minimum absolute atomic E-state index is 0.170. The molecule has 1 heterocycles. The molecular weight excluding hydrogens is 528 g/mol. The highest BCUT2D eigenvalue weighted by atomic mass is 79.9. The lowest BCUT2D eigenvalue weighted by Crippen LogP contribution is -2.10. The summed E-state index contributed by atoms with van der Waals surface area (Å²) in [6.45, 7) is 1.75. The summed E-state index contributed by atoms with van der Waals surface area (Å²) >= 11 is 6.78. The predicted octanol–water partition coefficient (Wildman–Crippen LogP) is 6.36. The van der Waals surface area contributed by atoms with Crippen LogP contribution < -0.4 is 14.2 Å². The third-order valence-corrected chi connectivity index (χ3v) is 6.00.